The van der Waals surface area contributed by atoms with Crippen LogP contribution in [-0.2, 0) is 35.8 Å². The molecule has 5 aromatic rings. The van der Waals surface area contributed by atoms with E-state index in [9.17, 15) is 20.0 Å². The Labute approximate surface area is 228 Å². The van der Waals surface area contributed by atoms with Crippen LogP contribution < -0.4 is 4.74 Å². The number of carbonyl (C=O) groups is 1. The molecule has 0 spiro atoms. The van der Waals surface area contributed by atoms with Crippen LogP contribution in [0.4, 0.5) is 0 Å². The Morgan fingerprint density at radius 1 is 1.08 bits per heavy atom. The molecule has 10 heteroatoms. The van der Waals surface area contributed by atoms with E-state index in [1.807, 2.05) is 72.2 Å². The Bertz CT molecular complexity index is 1710. The van der Waals surface area contributed by atoms with Gasteiger partial charge in [-0.3, -0.25) is 4.79 Å². The van der Waals surface area contributed by atoms with Crippen LogP contribution in [0.3, 0.4) is 0 Å². The van der Waals surface area contributed by atoms with Gasteiger partial charge in [0.2, 0.25) is 0 Å². The van der Waals surface area contributed by atoms with E-state index in [0.29, 0.717) is 28.4 Å². The molecule has 39 heavy (non-hydrogen) atoms. The Morgan fingerprint density at radius 3 is 2.69 bits per heavy atom. The molecular formula is C29H24ClN3O6. The van der Waals surface area contributed by atoms with Crippen LogP contribution in [-0.4, -0.2) is 25.7 Å². The number of carboxylic acids is 1. The van der Waals surface area contributed by atoms with Gasteiger partial charge in [-0.05, 0) is 60.0 Å². The van der Waals surface area contributed by atoms with E-state index in [1.165, 1.54) is 0 Å². The van der Waals surface area contributed by atoms with Crippen LogP contribution in [0.2, 0.25) is 5.02 Å². The zero-order valence-corrected chi connectivity index (χ0v) is 21.7. The summed E-state index contributed by atoms with van der Waals surface area (Å²) < 4.78 is 8.07. The van der Waals surface area contributed by atoms with E-state index in [2.05, 4.69) is 9.82 Å². The number of hydrogen-bond donors (Lipinski definition) is 1. The minimum Gasteiger partial charge on any atom is -0.487 e. The van der Waals surface area contributed by atoms with Crippen molar-refractivity contribution >= 4 is 39.4 Å². The number of rotatable bonds is 10. The third-order valence-corrected chi connectivity index (χ3v) is 6.94. The molecule has 3 aromatic carbocycles. The SMILES string of the molecule is Cc1c(CC(=O)O)c2cc(OCc3ccc4ccccc4n3)ccc2n1Cc1ccc(Cl)c(CO[N+](=O)[O-])c1. The van der Waals surface area contributed by atoms with Gasteiger partial charge in [0.1, 0.15) is 19.0 Å². The fraction of sp³-hybridized carbons (Fsp3) is 0.172. The highest BCUT2D eigenvalue weighted by molar-refractivity contribution is 6.31. The van der Waals surface area contributed by atoms with Gasteiger partial charge in [-0.1, -0.05) is 48.0 Å². The third-order valence-electron chi connectivity index (χ3n) is 6.57. The largest absolute Gasteiger partial charge is 0.487 e. The smallest absolute Gasteiger partial charge is 0.307 e. The summed E-state index contributed by atoms with van der Waals surface area (Å²) in [5, 5.41) is 21.6. The number of aromatic nitrogens is 2. The minimum absolute atomic E-state index is 0.145. The average molecular weight is 546 g/mol. The lowest BCUT2D eigenvalue weighted by Gasteiger charge is -2.12. The highest BCUT2D eigenvalue weighted by Gasteiger charge is 2.18. The summed E-state index contributed by atoms with van der Waals surface area (Å²) in [6.07, 6.45) is -0.145. The van der Waals surface area contributed by atoms with Crippen molar-refractivity contribution in [3.05, 3.63) is 116 Å². The fourth-order valence-electron chi connectivity index (χ4n) is 4.69. The van der Waals surface area contributed by atoms with Crippen LogP contribution in [0.15, 0.2) is 72.8 Å². The van der Waals surface area contributed by atoms with Gasteiger partial charge in [0.05, 0.1) is 17.6 Å². The molecule has 2 aromatic heterocycles. The van der Waals surface area contributed by atoms with Gasteiger partial charge in [-0.15, -0.1) is 10.1 Å². The standard InChI is InChI=1S/C29H24ClN3O6/c1-18-24(14-29(34)35)25-13-23(38-17-22-8-7-20-4-2-3-5-27(20)31-22)9-11-28(25)32(18)15-19-6-10-26(30)21(12-19)16-39-33(36)37/h2-13H,14-17H2,1H3,(H,34,35). The molecule has 1 N–H and O–H groups in total. The number of ether oxygens (including phenoxy) is 1. The molecule has 0 bridgehead atoms. The molecule has 0 saturated heterocycles. The molecule has 0 radical (unpaired) electrons. The van der Waals surface area contributed by atoms with Crippen molar-refractivity contribution in [3.63, 3.8) is 0 Å². The summed E-state index contributed by atoms with van der Waals surface area (Å²) in [4.78, 5) is 31.5. The van der Waals surface area contributed by atoms with Gasteiger partial charge >= 0.3 is 5.97 Å². The van der Waals surface area contributed by atoms with Gasteiger partial charge in [-0.25, -0.2) is 4.98 Å². The van der Waals surface area contributed by atoms with Crippen molar-refractivity contribution in [1.82, 2.24) is 9.55 Å². The van der Waals surface area contributed by atoms with Crippen LogP contribution in [0.1, 0.15) is 28.1 Å². The van der Waals surface area contributed by atoms with Crippen molar-refractivity contribution in [2.75, 3.05) is 0 Å². The van der Waals surface area contributed by atoms with E-state index in [0.717, 1.165) is 38.8 Å². The highest BCUT2D eigenvalue weighted by Crippen LogP contribution is 2.31. The van der Waals surface area contributed by atoms with E-state index < -0.39 is 11.1 Å². The molecule has 0 fully saturated rings. The van der Waals surface area contributed by atoms with Gasteiger partial charge < -0.3 is 19.2 Å². The van der Waals surface area contributed by atoms with Gasteiger partial charge in [0.15, 0.2) is 0 Å². The molecule has 0 aliphatic rings. The topological polar surface area (TPSA) is 117 Å². The normalized spacial score (nSPS) is 11.1. The third kappa shape index (κ3) is 5.78. The first-order valence-electron chi connectivity index (χ1n) is 12.1. The van der Waals surface area contributed by atoms with Crippen molar-refractivity contribution in [2.45, 2.75) is 33.1 Å². The van der Waals surface area contributed by atoms with Crippen molar-refractivity contribution < 1.29 is 24.6 Å². The maximum absolute atomic E-state index is 11.7. The Balaban J connectivity index is 1.44. The first-order chi connectivity index (χ1) is 18.8. The summed E-state index contributed by atoms with van der Waals surface area (Å²) in [7, 11) is 0. The van der Waals surface area contributed by atoms with Crippen molar-refractivity contribution in [1.29, 1.82) is 0 Å². The maximum Gasteiger partial charge on any atom is 0.307 e. The minimum atomic E-state index is -0.936. The first-order valence-corrected chi connectivity index (χ1v) is 12.5. The molecule has 0 saturated carbocycles. The summed E-state index contributed by atoms with van der Waals surface area (Å²) in [6, 6.07) is 22.7. The summed E-state index contributed by atoms with van der Waals surface area (Å²) in [5.41, 5.74) is 5.35. The number of para-hydroxylation sites is 1. The molecule has 0 amide bonds. The molecule has 2 heterocycles. The number of hydrogen-bond acceptors (Lipinski definition) is 6. The molecule has 9 nitrogen and oxygen atoms in total. The number of pyridine rings is 1. The summed E-state index contributed by atoms with van der Waals surface area (Å²) in [5.74, 6) is -0.332. The Kier molecular flexibility index (Phi) is 7.33. The van der Waals surface area contributed by atoms with E-state index in [-0.39, 0.29) is 19.6 Å². The second-order valence-corrected chi connectivity index (χ2v) is 9.51. The quantitative estimate of drug-likeness (QED) is 0.166. The molecule has 198 valence electrons. The molecule has 5 rings (SSSR count). The number of benzene rings is 3. The maximum atomic E-state index is 11.7. The van der Waals surface area contributed by atoms with Crippen molar-refractivity contribution in [3.8, 4) is 5.75 Å². The molecule has 0 atom stereocenters. The number of nitrogens with zero attached hydrogens (tertiary/aromatic N) is 3. The van der Waals surface area contributed by atoms with Crippen LogP contribution >= 0.6 is 11.6 Å². The molecular weight excluding hydrogens is 522 g/mol. The van der Waals surface area contributed by atoms with Crippen LogP contribution in [0, 0.1) is 17.0 Å². The van der Waals surface area contributed by atoms with Crippen molar-refractivity contribution in [2.24, 2.45) is 0 Å². The summed E-state index contributed by atoms with van der Waals surface area (Å²) in [6.45, 7) is 2.29. The van der Waals surface area contributed by atoms with Gasteiger partial charge in [-0.2, -0.15) is 0 Å². The second kappa shape index (κ2) is 11.0. The summed E-state index contributed by atoms with van der Waals surface area (Å²) >= 11 is 6.20. The van der Waals surface area contributed by atoms with Gasteiger partial charge in [0.25, 0.3) is 5.09 Å². The monoisotopic (exact) mass is 545 g/mol. The Hall–Kier alpha value is -4.63. The second-order valence-electron chi connectivity index (χ2n) is 9.11. The molecule has 0 aliphatic heterocycles. The Morgan fingerprint density at radius 2 is 1.90 bits per heavy atom. The van der Waals surface area contributed by atoms with Crippen LogP contribution in [0.5, 0.6) is 5.75 Å². The number of fused-ring (bicyclic) bond motifs is 2. The zero-order valence-electron chi connectivity index (χ0n) is 21.0. The predicted octanol–water partition coefficient (Wildman–Crippen LogP) is 6.11. The number of halogens is 1. The lowest BCUT2D eigenvalue weighted by molar-refractivity contribution is -0.763. The fourth-order valence-corrected chi connectivity index (χ4v) is 4.86. The van der Waals surface area contributed by atoms with Gasteiger partial charge in [0, 0.05) is 33.6 Å². The van der Waals surface area contributed by atoms with E-state index in [4.69, 9.17) is 16.3 Å². The molecule has 0 unspecified atom stereocenters. The van der Waals surface area contributed by atoms with Crippen LogP contribution in [0.25, 0.3) is 21.8 Å². The lowest BCUT2D eigenvalue weighted by Crippen LogP contribution is -2.06. The van der Waals surface area contributed by atoms with E-state index in [1.54, 1.807) is 12.1 Å². The predicted molar refractivity (Wildman–Crippen MR) is 146 cm³/mol. The average Bonchev–Trinajstić information content (AvgIpc) is 3.16. The highest BCUT2D eigenvalue weighted by atomic mass is 35.5. The number of aliphatic carboxylic acids is 1. The first kappa shape index (κ1) is 26.0. The molecule has 0 aliphatic carbocycles. The number of carboxylic acid groups (broad SMARTS) is 1. The lowest BCUT2D eigenvalue weighted by atomic mass is 10.1. The zero-order chi connectivity index (χ0) is 27.5. The van der Waals surface area contributed by atoms with E-state index >= 15 is 0 Å².